The van der Waals surface area contributed by atoms with Gasteiger partial charge in [-0.1, -0.05) is 41.9 Å². The van der Waals surface area contributed by atoms with E-state index in [2.05, 4.69) is 46.8 Å². The first-order valence-corrected chi connectivity index (χ1v) is 9.84. The minimum atomic E-state index is 0. The van der Waals surface area contributed by atoms with Gasteiger partial charge in [0.2, 0.25) is 0 Å². The molecule has 2 aliphatic carbocycles. The summed E-state index contributed by atoms with van der Waals surface area (Å²) < 4.78 is 0. The first kappa shape index (κ1) is 20.4. The van der Waals surface area contributed by atoms with Crippen molar-refractivity contribution in [3.8, 4) is 0 Å². The van der Waals surface area contributed by atoms with E-state index in [-0.39, 0.29) is 24.0 Å². The van der Waals surface area contributed by atoms with Gasteiger partial charge in [-0.3, -0.25) is 4.99 Å². The molecule has 2 aliphatic rings. The topological polar surface area (TPSA) is 49.3 Å². The fraction of sp³-hybridized carbons (Fsp3) is 0.429. The summed E-state index contributed by atoms with van der Waals surface area (Å²) in [5.41, 5.74) is 4.28. The van der Waals surface area contributed by atoms with E-state index in [9.17, 15) is 0 Å². The first-order valence-electron chi connectivity index (χ1n) is 9.46. The third kappa shape index (κ3) is 4.74. The molecule has 0 radical (unpaired) electrons. The van der Waals surface area contributed by atoms with Crippen LogP contribution < -0.4 is 10.6 Å². The smallest absolute Gasteiger partial charge is 0.191 e. The molecule has 1 aromatic heterocycles. The monoisotopic (exact) mass is 496 g/mol. The number of aromatic nitrogens is 1. The lowest BCUT2D eigenvalue weighted by molar-refractivity contribution is 0.691. The van der Waals surface area contributed by atoms with E-state index in [0.29, 0.717) is 11.1 Å². The Morgan fingerprint density at radius 1 is 1.22 bits per heavy atom. The van der Waals surface area contributed by atoms with Gasteiger partial charge in [-0.05, 0) is 60.3 Å². The third-order valence-electron chi connectivity index (χ3n) is 5.50. The van der Waals surface area contributed by atoms with Crippen molar-refractivity contribution in [3.05, 3.63) is 64.4 Å². The molecule has 144 valence electrons. The predicted molar refractivity (Wildman–Crippen MR) is 122 cm³/mol. The number of fused-ring (bicyclic) bond motifs is 3. The maximum Gasteiger partial charge on any atom is 0.191 e. The van der Waals surface area contributed by atoms with Crippen molar-refractivity contribution in [1.82, 2.24) is 15.6 Å². The molecule has 1 saturated carbocycles. The Balaban J connectivity index is 0.00000210. The van der Waals surface area contributed by atoms with Gasteiger partial charge < -0.3 is 10.6 Å². The normalized spacial score (nSPS) is 22.4. The molecule has 4 rings (SSSR count). The highest BCUT2D eigenvalue weighted by molar-refractivity contribution is 14.0. The van der Waals surface area contributed by atoms with Gasteiger partial charge in [0.25, 0.3) is 0 Å². The summed E-state index contributed by atoms with van der Waals surface area (Å²) in [7, 11) is 0. The van der Waals surface area contributed by atoms with Crippen LogP contribution in [0, 0.1) is 11.8 Å². The summed E-state index contributed by atoms with van der Waals surface area (Å²) >= 11 is 5.83. The second-order valence-electron chi connectivity index (χ2n) is 7.14. The van der Waals surface area contributed by atoms with Crippen LogP contribution >= 0.6 is 35.6 Å². The van der Waals surface area contributed by atoms with Gasteiger partial charge in [0, 0.05) is 25.8 Å². The quantitative estimate of drug-likeness (QED) is 0.275. The van der Waals surface area contributed by atoms with E-state index in [1.807, 2.05) is 18.3 Å². The highest BCUT2D eigenvalue weighted by Crippen LogP contribution is 2.61. The Kier molecular flexibility index (Phi) is 6.98. The van der Waals surface area contributed by atoms with E-state index in [0.717, 1.165) is 43.9 Å². The average Bonchev–Trinajstić information content (AvgIpc) is 3.19. The number of pyridine rings is 1. The number of guanidine groups is 1. The largest absolute Gasteiger partial charge is 0.357 e. The van der Waals surface area contributed by atoms with Gasteiger partial charge >= 0.3 is 0 Å². The zero-order valence-electron chi connectivity index (χ0n) is 15.5. The first-order chi connectivity index (χ1) is 12.8. The van der Waals surface area contributed by atoms with E-state index < -0.39 is 0 Å². The molecule has 0 saturated heterocycles. The fourth-order valence-electron chi connectivity index (χ4n) is 4.15. The van der Waals surface area contributed by atoms with Gasteiger partial charge in [0.1, 0.15) is 5.15 Å². The molecule has 2 aromatic rings. The summed E-state index contributed by atoms with van der Waals surface area (Å²) in [6, 6.07) is 12.7. The third-order valence-corrected chi connectivity index (χ3v) is 5.72. The Morgan fingerprint density at radius 3 is 2.85 bits per heavy atom. The van der Waals surface area contributed by atoms with Gasteiger partial charge in [-0.2, -0.15) is 0 Å². The van der Waals surface area contributed by atoms with Crippen molar-refractivity contribution in [2.75, 3.05) is 19.6 Å². The maximum atomic E-state index is 5.83. The summed E-state index contributed by atoms with van der Waals surface area (Å²) in [5.74, 6) is 3.16. The van der Waals surface area contributed by atoms with Crippen LogP contribution in [-0.4, -0.2) is 30.6 Å². The van der Waals surface area contributed by atoms with Crippen LogP contribution in [-0.2, 0) is 12.8 Å². The second kappa shape index (κ2) is 9.24. The SMILES string of the molecule is CCNC(=NCC1C2Cc3ccccc3C12)NCCc1ccc(Cl)nc1.I. The van der Waals surface area contributed by atoms with E-state index in [4.69, 9.17) is 16.6 Å². The molecule has 1 fully saturated rings. The fourth-order valence-corrected chi connectivity index (χ4v) is 4.26. The highest BCUT2D eigenvalue weighted by Gasteiger charge is 2.54. The molecule has 1 aromatic carbocycles. The summed E-state index contributed by atoms with van der Waals surface area (Å²) in [6.07, 6.45) is 3.96. The van der Waals surface area contributed by atoms with Crippen LogP contribution in [0.4, 0.5) is 0 Å². The number of nitrogens with one attached hydrogen (secondary N) is 2. The molecule has 0 bridgehead atoms. The Hall–Kier alpha value is -1.34. The van der Waals surface area contributed by atoms with Crippen LogP contribution in [0.2, 0.25) is 5.15 Å². The van der Waals surface area contributed by atoms with Crippen molar-refractivity contribution in [2.45, 2.75) is 25.7 Å². The van der Waals surface area contributed by atoms with Crippen molar-refractivity contribution < 1.29 is 0 Å². The van der Waals surface area contributed by atoms with Gasteiger partial charge in [0.05, 0.1) is 0 Å². The highest BCUT2D eigenvalue weighted by atomic mass is 127. The molecule has 3 atom stereocenters. The summed E-state index contributed by atoms with van der Waals surface area (Å²) in [6.45, 7) is 4.70. The minimum absolute atomic E-state index is 0. The molecule has 0 amide bonds. The maximum absolute atomic E-state index is 5.83. The number of halogens is 2. The van der Waals surface area contributed by atoms with Crippen molar-refractivity contribution in [3.63, 3.8) is 0 Å². The van der Waals surface area contributed by atoms with Gasteiger partial charge in [0.15, 0.2) is 5.96 Å². The van der Waals surface area contributed by atoms with E-state index >= 15 is 0 Å². The van der Waals surface area contributed by atoms with Crippen LogP contribution in [0.25, 0.3) is 0 Å². The zero-order chi connectivity index (χ0) is 17.9. The molecule has 0 aliphatic heterocycles. The molecule has 2 N–H and O–H groups in total. The Labute approximate surface area is 183 Å². The van der Waals surface area contributed by atoms with Gasteiger partial charge in [-0.15, -0.1) is 24.0 Å². The molecule has 27 heavy (non-hydrogen) atoms. The summed E-state index contributed by atoms with van der Waals surface area (Å²) in [5, 5.41) is 7.31. The number of hydrogen-bond donors (Lipinski definition) is 2. The lowest BCUT2D eigenvalue weighted by Crippen LogP contribution is -2.38. The molecule has 4 nitrogen and oxygen atoms in total. The Morgan fingerprint density at radius 2 is 2.07 bits per heavy atom. The van der Waals surface area contributed by atoms with Crippen molar-refractivity contribution in [1.29, 1.82) is 0 Å². The number of rotatable bonds is 6. The number of hydrogen-bond acceptors (Lipinski definition) is 2. The van der Waals surface area contributed by atoms with Crippen molar-refractivity contribution >= 4 is 41.5 Å². The van der Waals surface area contributed by atoms with Crippen molar-refractivity contribution in [2.24, 2.45) is 16.8 Å². The second-order valence-corrected chi connectivity index (χ2v) is 7.53. The predicted octanol–water partition coefficient (Wildman–Crippen LogP) is 4.04. The van der Waals surface area contributed by atoms with Crippen LogP contribution in [0.5, 0.6) is 0 Å². The number of aliphatic imine (C=N–C) groups is 1. The van der Waals surface area contributed by atoms with Gasteiger partial charge in [-0.25, -0.2) is 4.98 Å². The molecular weight excluding hydrogens is 471 g/mol. The van der Waals surface area contributed by atoms with Crippen LogP contribution in [0.3, 0.4) is 0 Å². The number of benzene rings is 1. The molecule has 3 unspecified atom stereocenters. The lowest BCUT2D eigenvalue weighted by atomic mass is 10.0. The zero-order valence-corrected chi connectivity index (χ0v) is 18.6. The molecule has 0 spiro atoms. The van der Waals surface area contributed by atoms with E-state index in [1.54, 1.807) is 11.1 Å². The molecule has 1 heterocycles. The molecular formula is C21H26ClIN4. The lowest BCUT2D eigenvalue weighted by Gasteiger charge is -2.12. The van der Waals surface area contributed by atoms with E-state index in [1.165, 1.54) is 12.0 Å². The standard InChI is InChI=1S/C21H25ClN4.HI/c1-2-23-21(24-10-9-14-7-8-19(22)25-12-14)26-13-18-17-11-15-5-3-4-6-16(15)20(17)18;/h3-8,12,17-18,20H,2,9-11,13H2,1H3,(H2,23,24,26);1H. The number of nitrogens with zero attached hydrogens (tertiary/aromatic N) is 2. The Bertz CT molecular complexity index is 793. The molecule has 6 heteroatoms. The van der Waals surface area contributed by atoms with Crippen LogP contribution in [0.15, 0.2) is 47.6 Å². The average molecular weight is 497 g/mol. The van der Waals surface area contributed by atoms with Crippen LogP contribution in [0.1, 0.15) is 29.5 Å². The summed E-state index contributed by atoms with van der Waals surface area (Å²) in [4.78, 5) is 8.96. The minimum Gasteiger partial charge on any atom is -0.357 e.